The summed E-state index contributed by atoms with van der Waals surface area (Å²) in [4.78, 5) is 0.117. The molecule has 0 amide bonds. The average molecular weight is 417 g/mol. The summed E-state index contributed by atoms with van der Waals surface area (Å²) >= 11 is 0. The highest BCUT2D eigenvalue weighted by Gasteiger charge is 2.37. The molecule has 7 heteroatoms. The largest absolute Gasteiger partial charge is 0.416 e. The van der Waals surface area contributed by atoms with Crippen LogP contribution in [0.15, 0.2) is 71.6 Å². The minimum atomic E-state index is -4.47. The van der Waals surface area contributed by atoms with Crippen molar-refractivity contribution in [2.24, 2.45) is 0 Å². The topological polar surface area (TPSA) is 46.2 Å². The quantitative estimate of drug-likeness (QED) is 0.642. The average Bonchev–Trinajstić information content (AvgIpc) is 2.99. The molecule has 1 atom stereocenters. The summed E-state index contributed by atoms with van der Waals surface area (Å²) < 4.78 is 68.1. The van der Waals surface area contributed by atoms with Crippen LogP contribution in [0.25, 0.3) is 11.1 Å². The molecule has 4 rings (SSSR count). The van der Waals surface area contributed by atoms with Gasteiger partial charge in [-0.05, 0) is 52.9 Å². The molecule has 0 heterocycles. The fourth-order valence-corrected chi connectivity index (χ4v) is 4.93. The lowest BCUT2D eigenvalue weighted by Crippen LogP contribution is -2.28. The first-order valence-corrected chi connectivity index (χ1v) is 10.5. The molecule has 0 radical (unpaired) electrons. The van der Waals surface area contributed by atoms with Crippen LogP contribution in [-0.4, -0.2) is 15.0 Å². The third kappa shape index (κ3) is 3.56. The van der Waals surface area contributed by atoms with E-state index in [4.69, 9.17) is 0 Å². The zero-order valence-corrected chi connectivity index (χ0v) is 16.3. The van der Waals surface area contributed by atoms with Gasteiger partial charge in [0.1, 0.15) is 0 Å². The van der Waals surface area contributed by atoms with E-state index in [-0.39, 0.29) is 17.0 Å². The Bertz CT molecular complexity index is 1170. The maximum Gasteiger partial charge on any atom is 0.416 e. The van der Waals surface area contributed by atoms with E-state index in [0.717, 1.165) is 22.8 Å². The van der Waals surface area contributed by atoms with Gasteiger partial charge in [-0.1, -0.05) is 48.5 Å². The standard InChI is InChI=1S/C22H18F3NO2S/c1-14-11-18-16-9-5-6-10-17(16)20(19(18)12-21(14)22(23,24)25)13-26-29(27,28)15-7-3-2-4-8-15/h2-12,20,26H,13H2,1H3. The van der Waals surface area contributed by atoms with Crippen molar-refractivity contribution in [2.45, 2.75) is 23.9 Å². The van der Waals surface area contributed by atoms with Crippen molar-refractivity contribution in [3.05, 3.63) is 89.0 Å². The van der Waals surface area contributed by atoms with Crippen molar-refractivity contribution in [1.82, 2.24) is 4.72 Å². The number of sulfonamides is 1. The van der Waals surface area contributed by atoms with Crippen molar-refractivity contribution in [2.75, 3.05) is 6.54 Å². The van der Waals surface area contributed by atoms with Gasteiger partial charge in [0, 0.05) is 12.5 Å². The first-order valence-electron chi connectivity index (χ1n) is 9.04. The fourth-order valence-electron chi connectivity index (χ4n) is 3.86. The van der Waals surface area contributed by atoms with E-state index in [1.165, 1.54) is 19.1 Å². The highest BCUT2D eigenvalue weighted by Crippen LogP contribution is 2.47. The SMILES string of the molecule is Cc1cc2c(cc1C(F)(F)F)C(CNS(=O)(=O)c1ccccc1)c1ccccc1-2. The molecule has 1 aliphatic carbocycles. The van der Waals surface area contributed by atoms with Crippen molar-refractivity contribution in [3.8, 4) is 11.1 Å². The van der Waals surface area contributed by atoms with E-state index in [9.17, 15) is 21.6 Å². The van der Waals surface area contributed by atoms with Gasteiger partial charge < -0.3 is 0 Å². The van der Waals surface area contributed by atoms with Crippen LogP contribution in [0.4, 0.5) is 13.2 Å². The van der Waals surface area contributed by atoms with Gasteiger partial charge in [-0.25, -0.2) is 13.1 Å². The molecule has 1 unspecified atom stereocenters. The summed E-state index contributed by atoms with van der Waals surface area (Å²) in [5.41, 5.74) is 2.31. The summed E-state index contributed by atoms with van der Waals surface area (Å²) in [5.74, 6) is -0.499. The number of halogens is 3. The highest BCUT2D eigenvalue weighted by atomic mass is 32.2. The van der Waals surface area contributed by atoms with Gasteiger partial charge in [0.15, 0.2) is 0 Å². The van der Waals surface area contributed by atoms with Gasteiger partial charge in [-0.15, -0.1) is 0 Å². The van der Waals surface area contributed by atoms with Crippen molar-refractivity contribution in [1.29, 1.82) is 0 Å². The van der Waals surface area contributed by atoms with E-state index in [1.807, 2.05) is 18.2 Å². The van der Waals surface area contributed by atoms with Crippen LogP contribution in [0.3, 0.4) is 0 Å². The Kier molecular flexibility index (Phi) is 4.75. The number of aryl methyl sites for hydroxylation is 1. The molecule has 1 N–H and O–H groups in total. The van der Waals surface area contributed by atoms with E-state index < -0.39 is 27.7 Å². The smallest absolute Gasteiger partial charge is 0.210 e. The Labute approximate surface area is 167 Å². The summed E-state index contributed by atoms with van der Waals surface area (Å²) in [5, 5.41) is 0. The summed E-state index contributed by atoms with van der Waals surface area (Å²) in [6.07, 6.45) is -4.47. The molecule has 0 bridgehead atoms. The predicted octanol–water partition coefficient (Wildman–Crippen LogP) is 5.10. The number of alkyl halides is 3. The Balaban J connectivity index is 1.75. The molecular weight excluding hydrogens is 399 g/mol. The number of nitrogens with one attached hydrogen (secondary N) is 1. The number of fused-ring (bicyclic) bond motifs is 3. The summed E-state index contributed by atoms with van der Waals surface area (Å²) in [7, 11) is -3.77. The second-order valence-electron chi connectivity index (χ2n) is 7.06. The third-order valence-corrected chi connectivity index (χ3v) is 6.67. The minimum absolute atomic E-state index is 0.0262. The minimum Gasteiger partial charge on any atom is -0.210 e. The molecule has 150 valence electrons. The Hall–Kier alpha value is -2.64. The molecule has 0 aromatic heterocycles. The second-order valence-corrected chi connectivity index (χ2v) is 8.82. The van der Waals surface area contributed by atoms with E-state index in [0.29, 0.717) is 5.56 Å². The second kappa shape index (κ2) is 7.00. The highest BCUT2D eigenvalue weighted by molar-refractivity contribution is 7.89. The lowest BCUT2D eigenvalue weighted by molar-refractivity contribution is -0.138. The third-order valence-electron chi connectivity index (χ3n) is 5.23. The molecule has 0 aliphatic heterocycles. The van der Waals surface area contributed by atoms with E-state index in [1.54, 1.807) is 30.3 Å². The first-order chi connectivity index (χ1) is 13.7. The van der Waals surface area contributed by atoms with E-state index in [2.05, 4.69) is 4.72 Å². The number of hydrogen-bond donors (Lipinski definition) is 1. The monoisotopic (exact) mass is 417 g/mol. The normalized spacial score (nSPS) is 15.8. The van der Waals surface area contributed by atoms with Crippen molar-refractivity contribution in [3.63, 3.8) is 0 Å². The molecule has 3 nitrogen and oxygen atoms in total. The molecule has 1 aliphatic rings. The van der Waals surface area contributed by atoms with Gasteiger partial charge in [-0.2, -0.15) is 13.2 Å². The molecule has 0 saturated heterocycles. The van der Waals surface area contributed by atoms with Crippen molar-refractivity contribution >= 4 is 10.0 Å². The van der Waals surface area contributed by atoms with Gasteiger partial charge in [0.25, 0.3) is 0 Å². The van der Waals surface area contributed by atoms with Crippen LogP contribution in [0.2, 0.25) is 0 Å². The van der Waals surface area contributed by atoms with Gasteiger partial charge in [0.2, 0.25) is 10.0 Å². The molecule has 29 heavy (non-hydrogen) atoms. The summed E-state index contributed by atoms with van der Waals surface area (Å²) in [6.45, 7) is 1.42. The predicted molar refractivity (Wildman–Crippen MR) is 105 cm³/mol. The summed E-state index contributed by atoms with van der Waals surface area (Å²) in [6, 6.07) is 17.9. The molecule has 3 aromatic rings. The van der Waals surface area contributed by atoms with Crippen molar-refractivity contribution < 1.29 is 21.6 Å². The zero-order chi connectivity index (χ0) is 20.8. The number of rotatable bonds is 4. The van der Waals surface area contributed by atoms with Crippen LogP contribution in [0, 0.1) is 6.92 Å². The molecule has 3 aromatic carbocycles. The van der Waals surface area contributed by atoms with Crippen LogP contribution in [0.5, 0.6) is 0 Å². The lowest BCUT2D eigenvalue weighted by atomic mass is 9.94. The molecule has 0 spiro atoms. The van der Waals surface area contributed by atoms with Crippen LogP contribution >= 0.6 is 0 Å². The maximum atomic E-state index is 13.5. The Morgan fingerprint density at radius 1 is 0.897 bits per heavy atom. The number of benzene rings is 3. The molecular formula is C22H18F3NO2S. The maximum absolute atomic E-state index is 13.5. The molecule has 0 fully saturated rings. The van der Waals surface area contributed by atoms with Crippen LogP contribution in [0.1, 0.15) is 28.2 Å². The van der Waals surface area contributed by atoms with Gasteiger partial charge >= 0.3 is 6.18 Å². The fraction of sp³-hybridized carbons (Fsp3) is 0.182. The van der Waals surface area contributed by atoms with Crippen LogP contribution < -0.4 is 4.72 Å². The first kappa shape index (κ1) is 19.7. The van der Waals surface area contributed by atoms with Gasteiger partial charge in [-0.3, -0.25) is 0 Å². The van der Waals surface area contributed by atoms with Gasteiger partial charge in [0.05, 0.1) is 10.5 Å². The number of hydrogen-bond acceptors (Lipinski definition) is 2. The molecule has 0 saturated carbocycles. The Morgan fingerprint density at radius 3 is 2.24 bits per heavy atom. The zero-order valence-electron chi connectivity index (χ0n) is 15.5. The lowest BCUT2D eigenvalue weighted by Gasteiger charge is -2.17. The van der Waals surface area contributed by atoms with E-state index >= 15 is 0 Å². The Morgan fingerprint density at radius 2 is 1.55 bits per heavy atom. The van der Waals surface area contributed by atoms with Crippen LogP contribution in [-0.2, 0) is 16.2 Å².